The van der Waals surface area contributed by atoms with Crippen LogP contribution < -0.4 is 5.32 Å². The van der Waals surface area contributed by atoms with Gasteiger partial charge in [0.05, 0.1) is 0 Å². The van der Waals surface area contributed by atoms with Crippen molar-refractivity contribution in [3.05, 3.63) is 12.4 Å². The Hall–Kier alpha value is -1.01. The quantitative estimate of drug-likeness (QED) is 0.563. The average molecular weight is 283 g/mol. The van der Waals surface area contributed by atoms with Gasteiger partial charge in [-0.3, -0.25) is 10.1 Å². The third-order valence-corrected chi connectivity index (χ3v) is 4.55. The summed E-state index contributed by atoms with van der Waals surface area (Å²) in [5.74, 6) is 0.140. The molecule has 1 aromatic rings. The number of imidazole rings is 1. The average Bonchev–Trinajstić information content (AvgIpc) is 3.06. The lowest BCUT2D eigenvalue weighted by molar-refractivity contribution is -0.144. The van der Waals surface area contributed by atoms with Gasteiger partial charge in [-0.25, -0.2) is 4.98 Å². The maximum Gasteiger partial charge on any atom is 0.323 e. The molecule has 1 aromatic heterocycles. The van der Waals surface area contributed by atoms with Gasteiger partial charge < -0.3 is 9.67 Å². The fraction of sp³-hybridized carbons (Fsp3) is 0.692. The van der Waals surface area contributed by atoms with Crippen LogP contribution in [0.5, 0.6) is 0 Å². The largest absolute Gasteiger partial charge is 0.480 e. The maximum atomic E-state index is 11.4. The van der Waals surface area contributed by atoms with Gasteiger partial charge in [0, 0.05) is 31.2 Å². The molecule has 0 bridgehead atoms. The highest BCUT2D eigenvalue weighted by atomic mass is 32.2. The summed E-state index contributed by atoms with van der Waals surface area (Å²) < 4.78 is 1.98. The predicted molar refractivity (Wildman–Crippen MR) is 75.4 cm³/mol. The Morgan fingerprint density at radius 2 is 2.42 bits per heavy atom. The SMILES string of the molecule is Cn1ccnc1SCCCC(C)(NC1CC1)C(=O)O. The van der Waals surface area contributed by atoms with Gasteiger partial charge in [0.2, 0.25) is 0 Å². The minimum atomic E-state index is -0.788. The number of rotatable bonds is 8. The van der Waals surface area contributed by atoms with Crippen LogP contribution in [0.15, 0.2) is 17.6 Å². The molecule has 1 unspecified atom stereocenters. The topological polar surface area (TPSA) is 67.2 Å². The highest BCUT2D eigenvalue weighted by molar-refractivity contribution is 7.99. The molecule has 1 aliphatic carbocycles. The molecule has 0 amide bonds. The normalized spacial score (nSPS) is 18.2. The molecule has 2 N–H and O–H groups in total. The molecule has 2 rings (SSSR count). The van der Waals surface area contributed by atoms with Crippen LogP contribution in [0, 0.1) is 0 Å². The zero-order valence-corrected chi connectivity index (χ0v) is 12.2. The first-order valence-electron chi connectivity index (χ1n) is 6.62. The first-order chi connectivity index (χ1) is 9.01. The van der Waals surface area contributed by atoms with E-state index in [0.717, 1.165) is 30.2 Å². The minimum absolute atomic E-state index is 0.406. The van der Waals surface area contributed by atoms with Gasteiger partial charge in [-0.15, -0.1) is 0 Å². The van der Waals surface area contributed by atoms with Crippen molar-refractivity contribution in [2.45, 2.75) is 49.3 Å². The molecule has 106 valence electrons. The Balaban J connectivity index is 1.76. The van der Waals surface area contributed by atoms with E-state index in [2.05, 4.69) is 10.3 Å². The molecule has 0 radical (unpaired) electrons. The number of aromatic nitrogens is 2. The summed E-state index contributed by atoms with van der Waals surface area (Å²) >= 11 is 1.67. The fourth-order valence-electron chi connectivity index (χ4n) is 2.00. The molecular formula is C13H21N3O2S. The molecule has 1 aliphatic rings. The van der Waals surface area contributed by atoms with Gasteiger partial charge in [-0.05, 0) is 32.6 Å². The number of thioether (sulfide) groups is 1. The van der Waals surface area contributed by atoms with Crippen molar-refractivity contribution in [2.75, 3.05) is 5.75 Å². The van der Waals surface area contributed by atoms with Gasteiger partial charge in [-0.1, -0.05) is 11.8 Å². The lowest BCUT2D eigenvalue weighted by atomic mass is 9.96. The van der Waals surface area contributed by atoms with Crippen LogP contribution >= 0.6 is 11.8 Å². The summed E-state index contributed by atoms with van der Waals surface area (Å²) in [6.07, 6.45) is 7.41. The van der Waals surface area contributed by atoms with Crippen LogP contribution in [-0.2, 0) is 11.8 Å². The highest BCUT2D eigenvalue weighted by Crippen LogP contribution is 2.26. The molecular weight excluding hydrogens is 262 g/mol. The summed E-state index contributed by atoms with van der Waals surface area (Å²) in [5.41, 5.74) is -0.788. The second-order valence-corrected chi connectivity index (χ2v) is 6.39. The van der Waals surface area contributed by atoms with Crippen molar-refractivity contribution in [3.63, 3.8) is 0 Å². The Morgan fingerprint density at radius 3 is 2.95 bits per heavy atom. The second-order valence-electron chi connectivity index (χ2n) is 5.33. The number of nitrogens with zero attached hydrogens (tertiary/aromatic N) is 2. The van der Waals surface area contributed by atoms with Gasteiger partial charge >= 0.3 is 5.97 Å². The van der Waals surface area contributed by atoms with Crippen molar-refractivity contribution in [3.8, 4) is 0 Å². The van der Waals surface area contributed by atoms with Gasteiger partial charge in [0.15, 0.2) is 5.16 Å². The van der Waals surface area contributed by atoms with E-state index in [9.17, 15) is 9.90 Å². The fourth-order valence-corrected chi connectivity index (χ4v) is 2.87. The molecule has 6 heteroatoms. The molecule has 19 heavy (non-hydrogen) atoms. The summed E-state index contributed by atoms with van der Waals surface area (Å²) in [6, 6.07) is 0.406. The molecule has 1 fully saturated rings. The second kappa shape index (κ2) is 5.96. The third-order valence-electron chi connectivity index (χ3n) is 3.40. The lowest BCUT2D eigenvalue weighted by Gasteiger charge is -2.26. The molecule has 0 spiro atoms. The van der Waals surface area contributed by atoms with E-state index in [1.165, 1.54) is 0 Å². The van der Waals surface area contributed by atoms with Gasteiger partial charge in [-0.2, -0.15) is 0 Å². The van der Waals surface area contributed by atoms with Crippen LogP contribution in [0.4, 0.5) is 0 Å². The van der Waals surface area contributed by atoms with Crippen LogP contribution in [0.3, 0.4) is 0 Å². The lowest BCUT2D eigenvalue weighted by Crippen LogP contribution is -2.50. The van der Waals surface area contributed by atoms with E-state index < -0.39 is 11.5 Å². The van der Waals surface area contributed by atoms with E-state index in [1.807, 2.05) is 17.8 Å². The third kappa shape index (κ3) is 3.98. The summed E-state index contributed by atoms with van der Waals surface area (Å²) in [7, 11) is 1.96. The summed E-state index contributed by atoms with van der Waals surface area (Å²) in [5, 5.41) is 13.6. The number of aryl methyl sites for hydroxylation is 1. The van der Waals surface area contributed by atoms with Crippen LogP contribution in [0.2, 0.25) is 0 Å². The number of carboxylic acid groups (broad SMARTS) is 1. The van der Waals surface area contributed by atoms with Crippen molar-refractivity contribution in [2.24, 2.45) is 7.05 Å². The Labute approximate surface area is 117 Å². The number of nitrogens with one attached hydrogen (secondary N) is 1. The standard InChI is InChI=1S/C13H21N3O2S/c1-13(11(17)18,15-10-4-5-10)6-3-9-19-12-14-7-8-16(12)2/h7-8,10,15H,3-6,9H2,1-2H3,(H,17,18). The molecule has 5 nitrogen and oxygen atoms in total. The molecule has 1 heterocycles. The van der Waals surface area contributed by atoms with E-state index in [0.29, 0.717) is 12.5 Å². The number of hydrogen-bond acceptors (Lipinski definition) is 4. The Kier molecular flexibility index (Phi) is 4.52. The van der Waals surface area contributed by atoms with E-state index >= 15 is 0 Å². The molecule has 0 aromatic carbocycles. The number of carboxylic acids is 1. The first-order valence-corrected chi connectivity index (χ1v) is 7.61. The van der Waals surface area contributed by atoms with E-state index in [-0.39, 0.29) is 0 Å². The summed E-state index contributed by atoms with van der Waals surface area (Å²) in [4.78, 5) is 15.6. The zero-order chi connectivity index (χ0) is 13.9. The van der Waals surface area contributed by atoms with Crippen molar-refractivity contribution in [1.82, 2.24) is 14.9 Å². The maximum absolute atomic E-state index is 11.4. The molecule has 1 saturated carbocycles. The molecule has 1 atom stereocenters. The number of aliphatic carboxylic acids is 1. The first kappa shape index (κ1) is 14.4. The Morgan fingerprint density at radius 1 is 1.68 bits per heavy atom. The minimum Gasteiger partial charge on any atom is -0.480 e. The monoisotopic (exact) mass is 283 g/mol. The van der Waals surface area contributed by atoms with Gasteiger partial charge in [0.25, 0.3) is 0 Å². The highest BCUT2D eigenvalue weighted by Gasteiger charge is 2.37. The van der Waals surface area contributed by atoms with Crippen LogP contribution in [0.1, 0.15) is 32.6 Å². The number of carbonyl (C=O) groups is 1. The van der Waals surface area contributed by atoms with Crippen LogP contribution in [0.25, 0.3) is 0 Å². The van der Waals surface area contributed by atoms with Crippen LogP contribution in [-0.4, -0.2) is 38.0 Å². The Bertz CT molecular complexity index is 445. The van der Waals surface area contributed by atoms with Gasteiger partial charge in [0.1, 0.15) is 5.54 Å². The van der Waals surface area contributed by atoms with Crippen molar-refractivity contribution in [1.29, 1.82) is 0 Å². The zero-order valence-electron chi connectivity index (χ0n) is 11.4. The van der Waals surface area contributed by atoms with E-state index in [4.69, 9.17) is 0 Å². The smallest absolute Gasteiger partial charge is 0.323 e. The molecule has 0 saturated heterocycles. The molecule has 0 aliphatic heterocycles. The summed E-state index contributed by atoms with van der Waals surface area (Å²) in [6.45, 7) is 1.79. The number of hydrogen-bond donors (Lipinski definition) is 2. The van der Waals surface area contributed by atoms with E-state index in [1.54, 1.807) is 24.9 Å². The predicted octanol–water partition coefficient (Wildman–Crippen LogP) is 1.89. The van der Waals surface area contributed by atoms with Crippen molar-refractivity contribution >= 4 is 17.7 Å². The van der Waals surface area contributed by atoms with Crippen molar-refractivity contribution < 1.29 is 9.90 Å².